The van der Waals surface area contributed by atoms with Gasteiger partial charge in [-0.25, -0.2) is 0 Å². The number of nitro benzene ring substituents is 1. The number of nitrogens with one attached hydrogen (secondary N) is 1. The average molecular weight is 335 g/mol. The van der Waals surface area contributed by atoms with Gasteiger partial charge in [-0.1, -0.05) is 35.9 Å². The highest BCUT2D eigenvalue weighted by molar-refractivity contribution is 6.31. The van der Waals surface area contributed by atoms with Crippen molar-refractivity contribution in [3.63, 3.8) is 0 Å². The molecule has 0 aromatic heterocycles. The lowest BCUT2D eigenvalue weighted by Crippen LogP contribution is -2.24. The maximum atomic E-state index is 12.2. The molecule has 23 heavy (non-hydrogen) atoms. The fourth-order valence-corrected chi connectivity index (χ4v) is 2.31. The van der Waals surface area contributed by atoms with Crippen molar-refractivity contribution in [2.75, 3.05) is 7.11 Å². The lowest BCUT2D eigenvalue weighted by atomic mass is 10.1. The molecule has 0 spiro atoms. The molecule has 2 aromatic rings. The number of methoxy groups -OCH3 is 1. The molecular formula is C16H15ClN2O4. The van der Waals surface area contributed by atoms with E-state index in [4.69, 9.17) is 16.3 Å². The molecule has 2 aromatic carbocycles. The number of halogens is 1. The molecule has 2 rings (SSSR count). The Kier molecular flexibility index (Phi) is 5.67. The molecule has 0 radical (unpaired) electrons. The number of carbonyl (C=O) groups is 1. The molecule has 0 aliphatic heterocycles. The topological polar surface area (TPSA) is 81.5 Å². The molecule has 7 heteroatoms. The molecule has 1 N–H and O–H groups in total. The van der Waals surface area contributed by atoms with Crippen LogP contribution in [0.15, 0.2) is 42.5 Å². The Morgan fingerprint density at radius 3 is 2.61 bits per heavy atom. The zero-order chi connectivity index (χ0) is 16.8. The molecule has 120 valence electrons. The quantitative estimate of drug-likeness (QED) is 0.649. The first kappa shape index (κ1) is 16.9. The highest BCUT2D eigenvalue weighted by Crippen LogP contribution is 2.23. The van der Waals surface area contributed by atoms with E-state index in [9.17, 15) is 14.9 Å². The molecular weight excluding hydrogens is 320 g/mol. The Morgan fingerprint density at radius 1 is 1.26 bits per heavy atom. The van der Waals surface area contributed by atoms with Crippen molar-refractivity contribution in [1.29, 1.82) is 0 Å². The van der Waals surface area contributed by atoms with Gasteiger partial charge in [0.15, 0.2) is 0 Å². The van der Waals surface area contributed by atoms with E-state index >= 15 is 0 Å². The van der Waals surface area contributed by atoms with E-state index in [0.29, 0.717) is 6.61 Å². The smallest absolute Gasteiger partial charge is 0.283 e. The summed E-state index contributed by atoms with van der Waals surface area (Å²) in [5.74, 6) is -0.527. The summed E-state index contributed by atoms with van der Waals surface area (Å²) in [4.78, 5) is 22.7. The number of nitro groups is 1. The van der Waals surface area contributed by atoms with Crippen LogP contribution in [0.25, 0.3) is 0 Å². The second-order valence-electron chi connectivity index (χ2n) is 4.80. The molecule has 0 heterocycles. The van der Waals surface area contributed by atoms with Gasteiger partial charge >= 0.3 is 0 Å². The van der Waals surface area contributed by atoms with Crippen molar-refractivity contribution in [3.05, 3.63) is 74.3 Å². The summed E-state index contributed by atoms with van der Waals surface area (Å²) in [7, 11) is 1.59. The van der Waals surface area contributed by atoms with E-state index in [-0.39, 0.29) is 22.8 Å². The number of amides is 1. The summed E-state index contributed by atoms with van der Waals surface area (Å²) in [5, 5.41) is 13.9. The van der Waals surface area contributed by atoms with E-state index in [1.807, 2.05) is 24.3 Å². The highest BCUT2D eigenvalue weighted by Gasteiger charge is 2.20. The van der Waals surface area contributed by atoms with Gasteiger partial charge in [0.05, 0.1) is 11.5 Å². The third-order valence-electron chi connectivity index (χ3n) is 3.26. The van der Waals surface area contributed by atoms with E-state index in [1.54, 1.807) is 7.11 Å². The number of hydrogen-bond donors (Lipinski definition) is 1. The second kappa shape index (κ2) is 7.71. The highest BCUT2D eigenvalue weighted by atomic mass is 35.5. The van der Waals surface area contributed by atoms with E-state index in [1.165, 1.54) is 12.1 Å². The van der Waals surface area contributed by atoms with Crippen LogP contribution in [0.1, 0.15) is 21.5 Å². The van der Waals surface area contributed by atoms with Crippen LogP contribution in [0, 0.1) is 10.1 Å². The third kappa shape index (κ3) is 4.28. The minimum Gasteiger partial charge on any atom is -0.380 e. The molecule has 0 saturated carbocycles. The molecule has 0 unspecified atom stereocenters. The number of hydrogen-bond acceptors (Lipinski definition) is 4. The summed E-state index contributed by atoms with van der Waals surface area (Å²) in [6.45, 7) is 0.672. The normalized spacial score (nSPS) is 10.3. The van der Waals surface area contributed by atoms with Gasteiger partial charge in [-0.15, -0.1) is 0 Å². The van der Waals surface area contributed by atoms with E-state index in [0.717, 1.165) is 17.2 Å². The summed E-state index contributed by atoms with van der Waals surface area (Å²) < 4.78 is 5.11. The first-order valence-corrected chi connectivity index (χ1v) is 7.18. The van der Waals surface area contributed by atoms with Crippen molar-refractivity contribution in [2.45, 2.75) is 13.2 Å². The van der Waals surface area contributed by atoms with Gasteiger partial charge in [0.2, 0.25) is 0 Å². The Labute approximate surface area is 138 Å². The minimum absolute atomic E-state index is 0.0244. The maximum Gasteiger partial charge on any atom is 0.283 e. The number of benzene rings is 2. The van der Waals surface area contributed by atoms with Gasteiger partial charge in [0.25, 0.3) is 11.6 Å². The predicted molar refractivity (Wildman–Crippen MR) is 86.4 cm³/mol. The van der Waals surface area contributed by atoms with Crippen molar-refractivity contribution < 1.29 is 14.5 Å². The SMILES string of the molecule is COCc1ccccc1CNC(=O)c1ccc(Cl)cc1[N+](=O)[O-]. The van der Waals surface area contributed by atoms with Crippen molar-refractivity contribution in [1.82, 2.24) is 5.32 Å². The molecule has 0 saturated heterocycles. The van der Waals surface area contributed by atoms with Crippen LogP contribution in [0.4, 0.5) is 5.69 Å². The molecule has 0 fully saturated rings. The van der Waals surface area contributed by atoms with Crippen molar-refractivity contribution >= 4 is 23.2 Å². The largest absolute Gasteiger partial charge is 0.380 e. The van der Waals surface area contributed by atoms with Gasteiger partial charge in [-0.3, -0.25) is 14.9 Å². The van der Waals surface area contributed by atoms with Crippen LogP contribution >= 0.6 is 11.6 Å². The summed E-state index contributed by atoms with van der Waals surface area (Å²) >= 11 is 5.74. The lowest BCUT2D eigenvalue weighted by molar-refractivity contribution is -0.385. The monoisotopic (exact) mass is 334 g/mol. The Morgan fingerprint density at radius 2 is 1.96 bits per heavy atom. The second-order valence-corrected chi connectivity index (χ2v) is 5.24. The molecule has 0 aliphatic rings. The zero-order valence-electron chi connectivity index (χ0n) is 12.4. The van der Waals surface area contributed by atoms with Gasteiger partial charge < -0.3 is 10.1 Å². The molecule has 1 amide bonds. The summed E-state index contributed by atoms with van der Waals surface area (Å²) in [6, 6.07) is 11.4. The third-order valence-corrected chi connectivity index (χ3v) is 3.49. The lowest BCUT2D eigenvalue weighted by Gasteiger charge is -2.10. The van der Waals surface area contributed by atoms with E-state index in [2.05, 4.69) is 5.32 Å². The Bertz CT molecular complexity index is 734. The predicted octanol–water partition coefficient (Wildman–Crippen LogP) is 3.32. The van der Waals surface area contributed by atoms with Crippen LogP contribution in [0.5, 0.6) is 0 Å². The molecule has 6 nitrogen and oxygen atoms in total. The van der Waals surface area contributed by atoms with Crippen molar-refractivity contribution in [2.24, 2.45) is 0 Å². The molecule has 0 aliphatic carbocycles. The van der Waals surface area contributed by atoms with Crippen LogP contribution in [0.2, 0.25) is 5.02 Å². The minimum atomic E-state index is -0.625. The van der Waals surface area contributed by atoms with Gasteiger partial charge in [-0.05, 0) is 23.3 Å². The first-order valence-electron chi connectivity index (χ1n) is 6.80. The van der Waals surface area contributed by atoms with Crippen LogP contribution in [0.3, 0.4) is 0 Å². The van der Waals surface area contributed by atoms with Crippen LogP contribution in [-0.2, 0) is 17.9 Å². The van der Waals surface area contributed by atoms with Gasteiger partial charge in [-0.2, -0.15) is 0 Å². The fraction of sp³-hybridized carbons (Fsp3) is 0.188. The number of rotatable bonds is 6. The van der Waals surface area contributed by atoms with Gasteiger partial charge in [0, 0.05) is 24.7 Å². The number of nitrogens with zero attached hydrogens (tertiary/aromatic N) is 1. The standard InChI is InChI=1S/C16H15ClN2O4/c1-23-10-12-5-3-2-4-11(12)9-18-16(20)14-7-6-13(17)8-15(14)19(21)22/h2-8H,9-10H2,1H3,(H,18,20). The molecule has 0 bridgehead atoms. The Hall–Kier alpha value is -2.44. The van der Waals surface area contributed by atoms with Gasteiger partial charge in [0.1, 0.15) is 5.56 Å². The maximum absolute atomic E-state index is 12.2. The average Bonchev–Trinajstić information content (AvgIpc) is 2.54. The van der Waals surface area contributed by atoms with Crippen LogP contribution in [-0.4, -0.2) is 17.9 Å². The summed E-state index contributed by atoms with van der Waals surface area (Å²) in [6.07, 6.45) is 0. The summed E-state index contributed by atoms with van der Waals surface area (Å²) in [5.41, 5.74) is 1.49. The van der Waals surface area contributed by atoms with Crippen molar-refractivity contribution in [3.8, 4) is 0 Å². The Balaban J connectivity index is 2.16. The zero-order valence-corrected chi connectivity index (χ0v) is 13.2. The first-order chi connectivity index (χ1) is 11.0. The molecule has 0 atom stereocenters. The number of carbonyl (C=O) groups excluding carboxylic acids is 1. The fourth-order valence-electron chi connectivity index (χ4n) is 2.14. The number of ether oxygens (including phenoxy) is 1. The van der Waals surface area contributed by atoms with Crippen LogP contribution < -0.4 is 5.32 Å². The van der Waals surface area contributed by atoms with E-state index < -0.39 is 10.8 Å².